The number of hydrogen-bond donors (Lipinski definition) is 0. The molecule has 4 aliphatic rings. The fourth-order valence-corrected chi connectivity index (χ4v) is 3.89. The van der Waals surface area contributed by atoms with Crippen molar-refractivity contribution in [3.63, 3.8) is 0 Å². The molecule has 0 spiro atoms. The van der Waals surface area contributed by atoms with Crippen LogP contribution < -0.4 is 0 Å². The van der Waals surface area contributed by atoms with E-state index in [1.165, 1.54) is 77.0 Å². The monoisotopic (exact) mass is 348 g/mol. The fourth-order valence-electron chi connectivity index (χ4n) is 3.89. The summed E-state index contributed by atoms with van der Waals surface area (Å²) in [6.45, 7) is 2.00. The molecule has 23 heavy (non-hydrogen) atoms. The van der Waals surface area contributed by atoms with Crippen LogP contribution in [-0.2, 0) is 20.0 Å². The van der Waals surface area contributed by atoms with Gasteiger partial charge in [-0.05, 0) is 0 Å². The molecule has 0 amide bonds. The van der Waals surface area contributed by atoms with Crippen LogP contribution in [0.15, 0.2) is 22.3 Å². The van der Waals surface area contributed by atoms with Gasteiger partial charge in [0, 0.05) is 0 Å². The average Bonchev–Trinajstić information content (AvgIpc) is 3.17. The van der Waals surface area contributed by atoms with Gasteiger partial charge < -0.3 is 14.9 Å². The molecule has 0 aliphatic heterocycles. The summed E-state index contributed by atoms with van der Waals surface area (Å²) in [5.41, 5.74) is 6.98. The molecule has 0 N–H and O–H groups in total. The zero-order valence-corrected chi connectivity index (χ0v) is 17.3. The predicted molar refractivity (Wildman–Crippen MR) is 103 cm³/mol. The molecule has 4 rings (SSSR count). The van der Waals surface area contributed by atoms with Crippen LogP contribution in [0.2, 0.25) is 0 Å². The molecule has 1 heteroatoms. The minimum atomic E-state index is 0. The van der Waals surface area contributed by atoms with Gasteiger partial charge in [-0.25, -0.2) is 35.1 Å². The summed E-state index contributed by atoms with van der Waals surface area (Å²) >= 11 is 2.00. The van der Waals surface area contributed by atoms with Gasteiger partial charge in [-0.3, -0.25) is 0 Å². The van der Waals surface area contributed by atoms with Crippen molar-refractivity contribution in [2.75, 3.05) is 0 Å². The first-order chi connectivity index (χ1) is 10.3. The second-order valence-corrected chi connectivity index (χ2v) is 7.35. The SMILES string of the molecule is C[CH]=[Ti].[CH-]1CCC2=C1CCCC2.[CH-]1CCC2=C1CCCC2.[CH3-].[CH3-]. The molecule has 4 aliphatic carbocycles. The summed E-state index contributed by atoms with van der Waals surface area (Å²) < 4.78 is 2.00. The van der Waals surface area contributed by atoms with Crippen LogP contribution in [-0.4, -0.2) is 4.31 Å². The van der Waals surface area contributed by atoms with Crippen molar-refractivity contribution in [1.29, 1.82) is 0 Å². The van der Waals surface area contributed by atoms with Crippen LogP contribution in [0.1, 0.15) is 84.0 Å². The first kappa shape index (κ1) is 22.8. The van der Waals surface area contributed by atoms with Crippen molar-refractivity contribution in [3.8, 4) is 0 Å². The molecule has 0 bridgehead atoms. The van der Waals surface area contributed by atoms with Crippen molar-refractivity contribution >= 4 is 4.31 Å². The normalized spacial score (nSPS) is 20.7. The van der Waals surface area contributed by atoms with Gasteiger partial charge in [-0.15, -0.1) is 25.7 Å². The molecule has 0 fully saturated rings. The predicted octanol–water partition coefficient (Wildman–Crippen LogP) is 6.97. The average molecular weight is 348 g/mol. The molecule has 0 unspecified atom stereocenters. The maximum Gasteiger partial charge on any atom is -0.0532 e. The van der Waals surface area contributed by atoms with Crippen molar-refractivity contribution in [1.82, 2.24) is 0 Å². The Balaban J connectivity index is 0.000000336. The van der Waals surface area contributed by atoms with E-state index in [2.05, 4.69) is 12.8 Å². The maximum atomic E-state index is 2.44. The maximum absolute atomic E-state index is 2.44. The van der Waals surface area contributed by atoms with Crippen LogP contribution in [0, 0.1) is 27.7 Å². The van der Waals surface area contributed by atoms with Gasteiger partial charge in [-0.2, -0.15) is 0 Å². The van der Waals surface area contributed by atoms with Gasteiger partial charge in [0.05, 0.1) is 0 Å². The summed E-state index contributed by atoms with van der Waals surface area (Å²) in [6.07, 6.45) is 21.7. The minimum Gasteiger partial charge on any atom is -0.358 e. The molecular weight excluding hydrogens is 312 g/mol. The van der Waals surface area contributed by atoms with E-state index in [9.17, 15) is 0 Å². The van der Waals surface area contributed by atoms with E-state index in [0.29, 0.717) is 0 Å². The standard InChI is InChI=1S/2C9H13.C2H4.2CH3.Ti/c2*1-2-5-9-7-3-6-8(9)4-1;1-2;;;/h2*6H,1-5,7H2;1H,2H3;2*1H3;/q2*-1;;2*-1;. The van der Waals surface area contributed by atoms with Crippen LogP contribution in [0.4, 0.5) is 0 Å². The van der Waals surface area contributed by atoms with E-state index in [-0.39, 0.29) is 14.9 Å². The number of hydrogen-bond acceptors (Lipinski definition) is 0. The van der Waals surface area contributed by atoms with E-state index >= 15 is 0 Å². The van der Waals surface area contributed by atoms with Crippen molar-refractivity contribution < 1.29 is 20.0 Å². The van der Waals surface area contributed by atoms with Gasteiger partial charge >= 0.3 is 31.2 Å². The van der Waals surface area contributed by atoms with E-state index in [4.69, 9.17) is 0 Å². The second-order valence-electron chi connectivity index (χ2n) is 6.45. The molecule has 132 valence electrons. The molecule has 0 nitrogen and oxygen atoms in total. The zero-order valence-electron chi connectivity index (χ0n) is 15.7. The minimum absolute atomic E-state index is 0. The second kappa shape index (κ2) is 13.1. The van der Waals surface area contributed by atoms with Gasteiger partial charge in [0.15, 0.2) is 0 Å². The van der Waals surface area contributed by atoms with Crippen molar-refractivity contribution in [2.45, 2.75) is 84.0 Å². The zero-order chi connectivity index (χ0) is 14.9. The van der Waals surface area contributed by atoms with Crippen molar-refractivity contribution in [3.05, 3.63) is 50.0 Å². The summed E-state index contributed by atoms with van der Waals surface area (Å²) in [7, 11) is 0. The fraction of sp³-hybridized carbons (Fsp3) is 0.591. The van der Waals surface area contributed by atoms with Gasteiger partial charge in [-0.1, -0.05) is 51.4 Å². The van der Waals surface area contributed by atoms with Gasteiger partial charge in [0.2, 0.25) is 0 Å². The van der Waals surface area contributed by atoms with Gasteiger partial charge in [0.1, 0.15) is 0 Å². The molecule has 0 atom stereocenters. The molecule has 0 aromatic rings. The van der Waals surface area contributed by atoms with Crippen LogP contribution in [0.25, 0.3) is 0 Å². The van der Waals surface area contributed by atoms with Crippen LogP contribution >= 0.6 is 0 Å². The molecule has 0 saturated carbocycles. The summed E-state index contributed by atoms with van der Waals surface area (Å²) in [6, 6.07) is 0. The summed E-state index contributed by atoms with van der Waals surface area (Å²) in [4.78, 5) is 0. The van der Waals surface area contributed by atoms with Gasteiger partial charge in [0.25, 0.3) is 0 Å². The Bertz CT molecular complexity index is 332. The topological polar surface area (TPSA) is 0 Å². The Hall–Kier alpha value is -0.196. The third kappa shape index (κ3) is 7.48. The first-order valence-corrected chi connectivity index (χ1v) is 9.78. The molecule has 0 aromatic carbocycles. The Labute approximate surface area is 158 Å². The molecular formula is C22H36Ti-4. The largest absolute Gasteiger partial charge is 0.358 e. The van der Waals surface area contributed by atoms with Crippen LogP contribution in [0.5, 0.6) is 0 Å². The molecule has 0 radical (unpaired) electrons. The third-order valence-corrected chi connectivity index (χ3v) is 4.93. The molecule has 0 saturated heterocycles. The molecule has 0 aromatic heterocycles. The number of allylic oxidation sites excluding steroid dienone is 4. The third-order valence-electron chi connectivity index (χ3n) is 4.93. The van der Waals surface area contributed by atoms with E-state index in [1.54, 1.807) is 22.3 Å². The Morgan fingerprint density at radius 1 is 0.696 bits per heavy atom. The Kier molecular flexibility index (Phi) is 13.0. The smallest absolute Gasteiger partial charge is 0.0532 e. The van der Waals surface area contributed by atoms with E-state index < -0.39 is 0 Å². The van der Waals surface area contributed by atoms with Crippen molar-refractivity contribution in [2.24, 2.45) is 0 Å². The summed E-state index contributed by atoms with van der Waals surface area (Å²) in [5.74, 6) is 0. The molecule has 0 heterocycles. The van der Waals surface area contributed by atoms with E-state index in [0.717, 1.165) is 0 Å². The Morgan fingerprint density at radius 2 is 1.04 bits per heavy atom. The van der Waals surface area contributed by atoms with Crippen LogP contribution in [0.3, 0.4) is 0 Å². The van der Waals surface area contributed by atoms with E-state index in [1.807, 2.05) is 31.2 Å². The first-order valence-electron chi connectivity index (χ1n) is 8.88. The summed E-state index contributed by atoms with van der Waals surface area (Å²) in [5, 5.41) is 0. The number of rotatable bonds is 0. The quantitative estimate of drug-likeness (QED) is 0.328. The Morgan fingerprint density at radius 3 is 1.39 bits per heavy atom.